The number of aromatic nitrogens is 2. The standard InChI is InChI=1S/C15H18FN3S/c1-2-7-18-12-4-3-5-13-14(12)19-15(20-13)10-6-8-17-9-11(10)16/h6,8-9,12,18H,2-5,7H2,1H3. The quantitative estimate of drug-likeness (QED) is 0.933. The second-order valence-electron chi connectivity index (χ2n) is 5.08. The van der Waals surface area contributed by atoms with Crippen molar-refractivity contribution in [1.82, 2.24) is 15.3 Å². The molecule has 20 heavy (non-hydrogen) atoms. The van der Waals surface area contributed by atoms with E-state index in [1.54, 1.807) is 23.6 Å². The summed E-state index contributed by atoms with van der Waals surface area (Å²) in [7, 11) is 0. The molecule has 1 aliphatic carbocycles. The predicted octanol–water partition coefficient (Wildman–Crippen LogP) is 3.72. The number of hydrogen-bond donors (Lipinski definition) is 1. The topological polar surface area (TPSA) is 37.8 Å². The Balaban J connectivity index is 1.93. The van der Waals surface area contributed by atoms with Crippen molar-refractivity contribution in [2.75, 3.05) is 6.54 Å². The van der Waals surface area contributed by atoms with E-state index in [9.17, 15) is 4.39 Å². The highest BCUT2D eigenvalue weighted by molar-refractivity contribution is 7.15. The minimum absolute atomic E-state index is 0.295. The van der Waals surface area contributed by atoms with Gasteiger partial charge in [0, 0.05) is 16.6 Å². The highest BCUT2D eigenvalue weighted by Gasteiger charge is 2.25. The van der Waals surface area contributed by atoms with Gasteiger partial charge in [-0.25, -0.2) is 9.37 Å². The normalized spacial score (nSPS) is 18.0. The van der Waals surface area contributed by atoms with E-state index in [0.29, 0.717) is 11.6 Å². The number of thiazole rings is 1. The fourth-order valence-corrected chi connectivity index (χ4v) is 3.79. The van der Waals surface area contributed by atoms with Crippen molar-refractivity contribution in [2.24, 2.45) is 0 Å². The van der Waals surface area contributed by atoms with Gasteiger partial charge in [0.1, 0.15) is 5.01 Å². The maximum absolute atomic E-state index is 13.8. The molecular formula is C15H18FN3S. The van der Waals surface area contributed by atoms with Crippen molar-refractivity contribution in [1.29, 1.82) is 0 Å². The van der Waals surface area contributed by atoms with E-state index in [1.165, 1.54) is 17.5 Å². The van der Waals surface area contributed by atoms with E-state index in [1.807, 2.05) is 0 Å². The Morgan fingerprint density at radius 3 is 3.20 bits per heavy atom. The fourth-order valence-electron chi connectivity index (χ4n) is 2.60. The second kappa shape index (κ2) is 5.97. The molecule has 2 aromatic rings. The molecule has 0 aliphatic heterocycles. The zero-order valence-corrected chi connectivity index (χ0v) is 12.3. The summed E-state index contributed by atoms with van der Waals surface area (Å²) < 4.78 is 13.8. The first kappa shape index (κ1) is 13.6. The average molecular weight is 291 g/mol. The lowest BCUT2D eigenvalue weighted by molar-refractivity contribution is 0.454. The van der Waals surface area contributed by atoms with Gasteiger partial charge in [0.2, 0.25) is 0 Å². The van der Waals surface area contributed by atoms with Gasteiger partial charge in [-0.2, -0.15) is 0 Å². The van der Waals surface area contributed by atoms with Crippen LogP contribution in [0.2, 0.25) is 0 Å². The fraction of sp³-hybridized carbons (Fsp3) is 0.467. The van der Waals surface area contributed by atoms with Gasteiger partial charge in [-0.15, -0.1) is 11.3 Å². The average Bonchev–Trinajstić information content (AvgIpc) is 2.89. The van der Waals surface area contributed by atoms with E-state index in [4.69, 9.17) is 4.98 Å². The van der Waals surface area contributed by atoms with Crippen molar-refractivity contribution in [3.8, 4) is 10.6 Å². The Kier molecular flexibility index (Phi) is 4.08. The number of pyridine rings is 1. The number of rotatable bonds is 4. The molecule has 1 aliphatic rings. The Morgan fingerprint density at radius 1 is 1.50 bits per heavy atom. The summed E-state index contributed by atoms with van der Waals surface area (Å²) in [6.45, 7) is 3.16. The number of nitrogens with one attached hydrogen (secondary N) is 1. The molecule has 5 heteroatoms. The molecule has 3 nitrogen and oxygen atoms in total. The minimum atomic E-state index is -0.295. The molecule has 0 saturated carbocycles. The first-order chi connectivity index (χ1) is 9.79. The summed E-state index contributed by atoms with van der Waals surface area (Å²) >= 11 is 1.62. The van der Waals surface area contributed by atoms with Crippen LogP contribution in [0.5, 0.6) is 0 Å². The van der Waals surface area contributed by atoms with E-state index >= 15 is 0 Å². The van der Waals surface area contributed by atoms with Crippen LogP contribution < -0.4 is 5.32 Å². The second-order valence-corrected chi connectivity index (χ2v) is 6.17. The van der Waals surface area contributed by atoms with Gasteiger partial charge >= 0.3 is 0 Å². The highest BCUT2D eigenvalue weighted by Crippen LogP contribution is 2.37. The summed E-state index contributed by atoms with van der Waals surface area (Å²) in [4.78, 5) is 9.80. The lowest BCUT2D eigenvalue weighted by Gasteiger charge is -2.22. The van der Waals surface area contributed by atoms with Crippen LogP contribution >= 0.6 is 11.3 Å². The Morgan fingerprint density at radius 2 is 2.40 bits per heavy atom. The molecule has 3 rings (SSSR count). The van der Waals surface area contributed by atoms with Gasteiger partial charge in [-0.1, -0.05) is 6.92 Å². The Bertz CT molecular complexity index is 597. The van der Waals surface area contributed by atoms with Gasteiger partial charge in [0.05, 0.1) is 17.9 Å². The van der Waals surface area contributed by atoms with Gasteiger partial charge in [-0.05, 0) is 38.3 Å². The van der Waals surface area contributed by atoms with Crippen LogP contribution in [-0.4, -0.2) is 16.5 Å². The zero-order valence-electron chi connectivity index (χ0n) is 11.5. The van der Waals surface area contributed by atoms with Gasteiger partial charge in [0.15, 0.2) is 5.82 Å². The lowest BCUT2D eigenvalue weighted by atomic mass is 9.97. The largest absolute Gasteiger partial charge is 0.309 e. The molecule has 1 unspecified atom stereocenters. The summed E-state index contributed by atoms with van der Waals surface area (Å²) in [5.41, 5.74) is 1.69. The molecule has 2 heterocycles. The number of fused-ring (bicyclic) bond motifs is 1. The molecule has 0 saturated heterocycles. The van der Waals surface area contributed by atoms with Crippen LogP contribution in [0.15, 0.2) is 18.5 Å². The molecule has 1 N–H and O–H groups in total. The first-order valence-corrected chi connectivity index (χ1v) is 7.94. The molecule has 0 aromatic carbocycles. The lowest BCUT2D eigenvalue weighted by Crippen LogP contribution is -2.25. The number of hydrogen-bond acceptors (Lipinski definition) is 4. The van der Waals surface area contributed by atoms with Crippen LogP contribution in [0.3, 0.4) is 0 Å². The van der Waals surface area contributed by atoms with E-state index in [-0.39, 0.29) is 5.82 Å². The molecule has 0 amide bonds. The minimum Gasteiger partial charge on any atom is -0.309 e. The molecule has 2 aromatic heterocycles. The number of nitrogens with zero attached hydrogens (tertiary/aromatic N) is 2. The van der Waals surface area contributed by atoms with E-state index in [2.05, 4.69) is 17.2 Å². The molecule has 0 spiro atoms. The Hall–Kier alpha value is -1.33. The highest BCUT2D eigenvalue weighted by atomic mass is 32.1. The number of aryl methyl sites for hydroxylation is 1. The maximum Gasteiger partial charge on any atom is 0.151 e. The van der Waals surface area contributed by atoms with Crippen molar-refractivity contribution in [2.45, 2.75) is 38.6 Å². The van der Waals surface area contributed by atoms with E-state index in [0.717, 1.165) is 36.5 Å². The first-order valence-electron chi connectivity index (χ1n) is 7.12. The zero-order chi connectivity index (χ0) is 13.9. The Labute approximate surface area is 122 Å². The number of halogens is 1. The van der Waals surface area contributed by atoms with Crippen LogP contribution in [0.1, 0.15) is 42.8 Å². The van der Waals surface area contributed by atoms with Crippen molar-refractivity contribution in [3.63, 3.8) is 0 Å². The van der Waals surface area contributed by atoms with Crippen molar-refractivity contribution >= 4 is 11.3 Å². The van der Waals surface area contributed by atoms with Crippen LogP contribution in [-0.2, 0) is 6.42 Å². The van der Waals surface area contributed by atoms with Crippen LogP contribution in [0.4, 0.5) is 4.39 Å². The summed E-state index contributed by atoms with van der Waals surface area (Å²) in [6, 6.07) is 2.03. The van der Waals surface area contributed by atoms with Gasteiger partial charge in [-0.3, -0.25) is 4.98 Å². The third-order valence-electron chi connectivity index (χ3n) is 3.60. The summed E-state index contributed by atoms with van der Waals surface area (Å²) in [5, 5.41) is 4.32. The molecule has 1 atom stereocenters. The predicted molar refractivity (Wildman–Crippen MR) is 79.3 cm³/mol. The third-order valence-corrected chi connectivity index (χ3v) is 4.76. The van der Waals surface area contributed by atoms with Gasteiger partial charge in [0.25, 0.3) is 0 Å². The molecule has 0 bridgehead atoms. The third kappa shape index (κ3) is 2.60. The van der Waals surface area contributed by atoms with E-state index < -0.39 is 0 Å². The van der Waals surface area contributed by atoms with Crippen molar-refractivity contribution < 1.29 is 4.39 Å². The molecular weight excluding hydrogens is 273 g/mol. The molecule has 106 valence electrons. The van der Waals surface area contributed by atoms with Crippen LogP contribution in [0, 0.1) is 5.82 Å². The SMILES string of the molecule is CCCNC1CCCc2sc(-c3ccncc3F)nc21. The monoisotopic (exact) mass is 291 g/mol. The van der Waals surface area contributed by atoms with Gasteiger partial charge < -0.3 is 5.32 Å². The van der Waals surface area contributed by atoms with Crippen LogP contribution in [0.25, 0.3) is 10.6 Å². The molecule has 0 radical (unpaired) electrons. The van der Waals surface area contributed by atoms with Crippen molar-refractivity contribution in [3.05, 3.63) is 34.8 Å². The summed E-state index contributed by atoms with van der Waals surface area (Å²) in [6.07, 6.45) is 7.34. The molecule has 0 fully saturated rings. The maximum atomic E-state index is 13.8. The smallest absolute Gasteiger partial charge is 0.151 e. The summed E-state index contributed by atoms with van der Waals surface area (Å²) in [5.74, 6) is -0.295.